The molecule has 2 rings (SSSR count). The Labute approximate surface area is 92.9 Å². The first-order valence-electron chi connectivity index (χ1n) is 4.94. The highest BCUT2D eigenvalue weighted by atomic mass is 35.5. The number of hydrogen-bond donors (Lipinski definition) is 1. The average molecular weight is 222 g/mol. The third kappa shape index (κ3) is 1.77. The fraction of sp³-hybridized carbons (Fsp3) is 0.250. The number of aryl methyl sites for hydroxylation is 2. The number of aromatic nitrogens is 1. The van der Waals surface area contributed by atoms with Gasteiger partial charge in [0.2, 0.25) is 0 Å². The van der Waals surface area contributed by atoms with Gasteiger partial charge in [0, 0.05) is 17.1 Å². The summed E-state index contributed by atoms with van der Waals surface area (Å²) >= 11 is 6.09. The van der Waals surface area contributed by atoms with Crippen LogP contribution in [0.15, 0.2) is 23.0 Å². The van der Waals surface area contributed by atoms with Crippen LogP contribution in [-0.4, -0.2) is 4.98 Å². The van der Waals surface area contributed by atoms with Gasteiger partial charge >= 0.3 is 0 Å². The molecule has 2 aromatic rings. The second-order valence-corrected chi connectivity index (χ2v) is 4.09. The Kier molecular flexibility index (Phi) is 2.53. The summed E-state index contributed by atoms with van der Waals surface area (Å²) in [5.41, 5.74) is 2.69. The quantitative estimate of drug-likeness (QED) is 0.789. The molecule has 0 spiro atoms. The standard InChI is InChI=1S/C12H12ClNO/c1-3-8-6-11(15)9-4-7(2)5-10(13)12(9)14-8/h4-6H,3H2,1-2H3,(H,14,15). The van der Waals surface area contributed by atoms with Crippen LogP contribution in [0.1, 0.15) is 18.2 Å². The molecule has 0 saturated heterocycles. The zero-order valence-corrected chi connectivity index (χ0v) is 9.48. The molecule has 0 atom stereocenters. The maximum atomic E-state index is 11.8. The van der Waals surface area contributed by atoms with Crippen LogP contribution in [0, 0.1) is 6.92 Å². The van der Waals surface area contributed by atoms with Gasteiger partial charge in [0.15, 0.2) is 5.43 Å². The van der Waals surface area contributed by atoms with E-state index < -0.39 is 0 Å². The molecule has 0 aliphatic carbocycles. The van der Waals surface area contributed by atoms with Gasteiger partial charge in [0.05, 0.1) is 10.5 Å². The number of rotatable bonds is 1. The maximum Gasteiger partial charge on any atom is 0.189 e. The van der Waals surface area contributed by atoms with Crippen molar-refractivity contribution >= 4 is 22.5 Å². The summed E-state index contributed by atoms with van der Waals surface area (Å²) < 4.78 is 0. The summed E-state index contributed by atoms with van der Waals surface area (Å²) in [4.78, 5) is 15.0. The van der Waals surface area contributed by atoms with E-state index in [0.717, 1.165) is 23.2 Å². The third-order valence-electron chi connectivity index (χ3n) is 2.47. The van der Waals surface area contributed by atoms with Crippen molar-refractivity contribution in [1.29, 1.82) is 0 Å². The van der Waals surface area contributed by atoms with E-state index in [1.807, 2.05) is 26.0 Å². The van der Waals surface area contributed by atoms with Gasteiger partial charge in [-0.25, -0.2) is 0 Å². The smallest absolute Gasteiger partial charge is 0.189 e. The van der Waals surface area contributed by atoms with Gasteiger partial charge in [0.1, 0.15) is 0 Å². The number of H-pyrrole nitrogens is 1. The van der Waals surface area contributed by atoms with E-state index in [9.17, 15) is 4.79 Å². The lowest BCUT2D eigenvalue weighted by atomic mass is 10.1. The summed E-state index contributed by atoms with van der Waals surface area (Å²) in [5.74, 6) is 0. The van der Waals surface area contributed by atoms with Gasteiger partial charge in [-0.3, -0.25) is 4.79 Å². The Balaban J connectivity index is 2.91. The minimum absolute atomic E-state index is 0.0335. The Morgan fingerprint density at radius 1 is 1.33 bits per heavy atom. The molecule has 2 nitrogen and oxygen atoms in total. The number of benzene rings is 1. The number of fused-ring (bicyclic) bond motifs is 1. The summed E-state index contributed by atoms with van der Waals surface area (Å²) in [5, 5.41) is 1.27. The highest BCUT2D eigenvalue weighted by molar-refractivity contribution is 6.35. The van der Waals surface area contributed by atoms with Crippen LogP contribution in [-0.2, 0) is 6.42 Å². The molecule has 0 bridgehead atoms. The zero-order chi connectivity index (χ0) is 11.0. The summed E-state index contributed by atoms with van der Waals surface area (Å²) in [7, 11) is 0. The maximum absolute atomic E-state index is 11.8. The minimum Gasteiger partial charge on any atom is -0.357 e. The Morgan fingerprint density at radius 3 is 2.73 bits per heavy atom. The Hall–Kier alpha value is -1.28. The third-order valence-corrected chi connectivity index (χ3v) is 2.77. The van der Waals surface area contributed by atoms with Crippen LogP contribution in [0.25, 0.3) is 10.9 Å². The number of aromatic amines is 1. The molecule has 1 heterocycles. The average Bonchev–Trinajstić information content (AvgIpc) is 2.19. The monoisotopic (exact) mass is 221 g/mol. The van der Waals surface area contributed by atoms with Crippen LogP contribution in [0.2, 0.25) is 5.02 Å². The lowest BCUT2D eigenvalue weighted by Gasteiger charge is -2.05. The van der Waals surface area contributed by atoms with Crippen molar-refractivity contribution in [3.05, 3.63) is 44.7 Å². The molecule has 0 radical (unpaired) electrons. The van der Waals surface area contributed by atoms with Gasteiger partial charge in [0.25, 0.3) is 0 Å². The minimum atomic E-state index is 0.0335. The Bertz CT molecular complexity index is 572. The van der Waals surface area contributed by atoms with E-state index >= 15 is 0 Å². The summed E-state index contributed by atoms with van der Waals surface area (Å²) in [6.45, 7) is 3.93. The number of hydrogen-bond acceptors (Lipinski definition) is 1. The second kappa shape index (κ2) is 3.70. The lowest BCUT2D eigenvalue weighted by Crippen LogP contribution is -2.05. The van der Waals surface area contributed by atoms with Gasteiger partial charge in [-0.2, -0.15) is 0 Å². The van der Waals surface area contributed by atoms with Gasteiger partial charge in [-0.1, -0.05) is 18.5 Å². The van der Waals surface area contributed by atoms with E-state index in [-0.39, 0.29) is 5.43 Å². The van der Waals surface area contributed by atoms with E-state index in [4.69, 9.17) is 11.6 Å². The molecule has 1 aromatic heterocycles. The molecule has 78 valence electrons. The van der Waals surface area contributed by atoms with Crippen molar-refractivity contribution in [2.24, 2.45) is 0 Å². The van der Waals surface area contributed by atoms with Gasteiger partial charge < -0.3 is 4.98 Å². The number of nitrogens with one attached hydrogen (secondary N) is 1. The molecule has 3 heteroatoms. The van der Waals surface area contributed by atoms with Crippen molar-refractivity contribution in [1.82, 2.24) is 4.98 Å². The zero-order valence-electron chi connectivity index (χ0n) is 8.73. The van der Waals surface area contributed by atoms with Crippen molar-refractivity contribution in [2.45, 2.75) is 20.3 Å². The normalized spacial score (nSPS) is 10.9. The molecule has 0 saturated carbocycles. The van der Waals surface area contributed by atoms with Crippen LogP contribution < -0.4 is 5.43 Å². The molecule has 1 aromatic carbocycles. The van der Waals surface area contributed by atoms with Gasteiger partial charge in [-0.05, 0) is 31.0 Å². The predicted octanol–water partition coefficient (Wildman–Crippen LogP) is 3.05. The van der Waals surface area contributed by atoms with Crippen LogP contribution >= 0.6 is 11.6 Å². The van der Waals surface area contributed by atoms with Crippen molar-refractivity contribution < 1.29 is 0 Å². The van der Waals surface area contributed by atoms with E-state index in [1.54, 1.807) is 6.07 Å². The molecule has 1 N–H and O–H groups in total. The van der Waals surface area contributed by atoms with Crippen molar-refractivity contribution in [3.8, 4) is 0 Å². The first-order valence-corrected chi connectivity index (χ1v) is 5.31. The topological polar surface area (TPSA) is 32.9 Å². The highest BCUT2D eigenvalue weighted by Crippen LogP contribution is 2.21. The molecule has 0 aliphatic heterocycles. The molecule has 15 heavy (non-hydrogen) atoms. The van der Waals surface area contributed by atoms with Crippen molar-refractivity contribution in [3.63, 3.8) is 0 Å². The first-order chi connectivity index (χ1) is 7.11. The summed E-state index contributed by atoms with van der Waals surface area (Å²) in [6.07, 6.45) is 0.801. The number of halogens is 1. The van der Waals surface area contributed by atoms with E-state index in [2.05, 4.69) is 4.98 Å². The fourth-order valence-corrected chi connectivity index (χ4v) is 2.01. The summed E-state index contributed by atoms with van der Waals surface area (Å²) in [6, 6.07) is 5.36. The van der Waals surface area contributed by atoms with Crippen LogP contribution in [0.3, 0.4) is 0 Å². The predicted molar refractivity (Wildman–Crippen MR) is 63.7 cm³/mol. The van der Waals surface area contributed by atoms with Crippen molar-refractivity contribution in [2.75, 3.05) is 0 Å². The Morgan fingerprint density at radius 2 is 2.07 bits per heavy atom. The van der Waals surface area contributed by atoms with E-state index in [1.165, 1.54) is 0 Å². The molecule has 0 fully saturated rings. The second-order valence-electron chi connectivity index (χ2n) is 3.68. The van der Waals surface area contributed by atoms with E-state index in [0.29, 0.717) is 10.4 Å². The SMILES string of the molecule is CCc1cc(=O)c2cc(C)cc(Cl)c2[nH]1. The molecule has 0 aliphatic rings. The largest absolute Gasteiger partial charge is 0.357 e. The van der Waals surface area contributed by atoms with Crippen LogP contribution in [0.5, 0.6) is 0 Å². The molecule has 0 amide bonds. The molecular weight excluding hydrogens is 210 g/mol. The molecular formula is C12H12ClNO. The first kappa shape index (κ1) is 10.2. The van der Waals surface area contributed by atoms with Crippen LogP contribution in [0.4, 0.5) is 0 Å². The molecule has 0 unspecified atom stereocenters. The van der Waals surface area contributed by atoms with Gasteiger partial charge in [-0.15, -0.1) is 0 Å². The highest BCUT2D eigenvalue weighted by Gasteiger charge is 2.05. The number of pyridine rings is 1. The lowest BCUT2D eigenvalue weighted by molar-refractivity contribution is 1.05. The fourth-order valence-electron chi connectivity index (χ4n) is 1.69.